The summed E-state index contributed by atoms with van der Waals surface area (Å²) >= 11 is 1.62. The number of carbonyl (C=O) groups is 1. The molecule has 0 saturated heterocycles. The first-order chi connectivity index (χ1) is 7.72. The number of thiophene rings is 1. The zero-order chi connectivity index (χ0) is 11.5. The van der Waals surface area contributed by atoms with Gasteiger partial charge in [-0.3, -0.25) is 4.79 Å². The summed E-state index contributed by atoms with van der Waals surface area (Å²) in [7, 11) is 0. The molecule has 0 radical (unpaired) electrons. The lowest BCUT2D eigenvalue weighted by molar-refractivity contribution is 0.112. The van der Waals surface area contributed by atoms with E-state index in [0.29, 0.717) is 5.92 Å². The maximum Gasteiger partial charge on any atom is 0.151 e. The van der Waals surface area contributed by atoms with Gasteiger partial charge in [0, 0.05) is 10.4 Å². The molecule has 0 aliphatic rings. The standard InChI is InChI=1S/C14H14OS/c1-10(2)11-4-3-5-12(8-11)14-13(9-15)6-7-16-14/h3-10H,1-2H3. The van der Waals surface area contributed by atoms with Crippen molar-refractivity contribution < 1.29 is 4.79 Å². The second-order valence-electron chi connectivity index (χ2n) is 4.10. The summed E-state index contributed by atoms with van der Waals surface area (Å²) in [6, 6.07) is 10.3. The van der Waals surface area contributed by atoms with Crippen molar-refractivity contribution in [1.29, 1.82) is 0 Å². The van der Waals surface area contributed by atoms with E-state index in [1.165, 1.54) is 5.56 Å². The highest BCUT2D eigenvalue weighted by molar-refractivity contribution is 7.14. The van der Waals surface area contributed by atoms with E-state index < -0.39 is 0 Å². The molecule has 0 bridgehead atoms. The molecule has 2 heteroatoms. The first kappa shape index (κ1) is 11.1. The van der Waals surface area contributed by atoms with E-state index in [4.69, 9.17) is 0 Å². The third kappa shape index (κ3) is 2.07. The minimum absolute atomic E-state index is 0.514. The van der Waals surface area contributed by atoms with Crippen LogP contribution >= 0.6 is 11.3 Å². The van der Waals surface area contributed by atoms with Gasteiger partial charge in [-0.15, -0.1) is 11.3 Å². The zero-order valence-corrected chi connectivity index (χ0v) is 10.3. The summed E-state index contributed by atoms with van der Waals surface area (Å²) in [4.78, 5) is 12.0. The van der Waals surface area contributed by atoms with E-state index in [9.17, 15) is 4.79 Å². The molecule has 2 aromatic rings. The lowest BCUT2D eigenvalue weighted by Crippen LogP contribution is -1.88. The molecule has 0 N–H and O–H groups in total. The average molecular weight is 230 g/mol. The van der Waals surface area contributed by atoms with Crippen LogP contribution in [0.5, 0.6) is 0 Å². The minimum Gasteiger partial charge on any atom is -0.298 e. The Bertz CT molecular complexity index is 497. The van der Waals surface area contributed by atoms with Gasteiger partial charge in [0.2, 0.25) is 0 Å². The van der Waals surface area contributed by atoms with Crippen LogP contribution in [0.1, 0.15) is 35.7 Å². The van der Waals surface area contributed by atoms with Crippen LogP contribution in [0.4, 0.5) is 0 Å². The Balaban J connectivity index is 2.48. The highest BCUT2D eigenvalue weighted by atomic mass is 32.1. The molecule has 0 amide bonds. The van der Waals surface area contributed by atoms with Crippen molar-refractivity contribution in [2.75, 3.05) is 0 Å². The van der Waals surface area contributed by atoms with Crippen LogP contribution in [0.25, 0.3) is 10.4 Å². The van der Waals surface area contributed by atoms with Crippen LogP contribution in [0.15, 0.2) is 35.7 Å². The summed E-state index contributed by atoms with van der Waals surface area (Å²) < 4.78 is 0. The molecule has 1 aromatic carbocycles. The maximum absolute atomic E-state index is 10.9. The van der Waals surface area contributed by atoms with Crippen LogP contribution in [0, 0.1) is 0 Å². The van der Waals surface area contributed by atoms with Crippen molar-refractivity contribution in [2.24, 2.45) is 0 Å². The number of hydrogen-bond donors (Lipinski definition) is 0. The largest absolute Gasteiger partial charge is 0.298 e. The average Bonchev–Trinajstić information content (AvgIpc) is 2.77. The fraction of sp³-hybridized carbons (Fsp3) is 0.214. The van der Waals surface area contributed by atoms with E-state index in [1.807, 2.05) is 11.4 Å². The van der Waals surface area contributed by atoms with Crippen LogP contribution in [0.3, 0.4) is 0 Å². The fourth-order valence-corrected chi connectivity index (χ4v) is 2.55. The van der Waals surface area contributed by atoms with Gasteiger partial charge < -0.3 is 0 Å². The van der Waals surface area contributed by atoms with Crippen molar-refractivity contribution in [2.45, 2.75) is 19.8 Å². The smallest absolute Gasteiger partial charge is 0.151 e. The van der Waals surface area contributed by atoms with Crippen molar-refractivity contribution >= 4 is 17.6 Å². The summed E-state index contributed by atoms with van der Waals surface area (Å²) in [5, 5.41) is 1.96. The SMILES string of the molecule is CC(C)c1cccc(-c2sccc2C=O)c1. The molecule has 1 nitrogen and oxygen atoms in total. The number of aldehydes is 1. The van der Waals surface area contributed by atoms with Gasteiger partial charge >= 0.3 is 0 Å². The van der Waals surface area contributed by atoms with Crippen molar-refractivity contribution in [1.82, 2.24) is 0 Å². The molecule has 1 heterocycles. The van der Waals surface area contributed by atoms with E-state index in [1.54, 1.807) is 11.3 Å². The van der Waals surface area contributed by atoms with Crippen LogP contribution in [-0.2, 0) is 0 Å². The number of benzene rings is 1. The molecule has 0 aliphatic carbocycles. The van der Waals surface area contributed by atoms with E-state index in [-0.39, 0.29) is 0 Å². The molecule has 0 saturated carbocycles. The predicted octanol–water partition coefficient (Wildman–Crippen LogP) is 4.35. The monoisotopic (exact) mass is 230 g/mol. The molecule has 16 heavy (non-hydrogen) atoms. The fourth-order valence-electron chi connectivity index (χ4n) is 1.69. The highest BCUT2D eigenvalue weighted by Gasteiger charge is 2.07. The van der Waals surface area contributed by atoms with E-state index >= 15 is 0 Å². The molecular formula is C14H14OS. The summed E-state index contributed by atoms with van der Waals surface area (Å²) in [6.07, 6.45) is 0.924. The van der Waals surface area contributed by atoms with Gasteiger partial charge in [0.1, 0.15) is 0 Å². The topological polar surface area (TPSA) is 17.1 Å². The lowest BCUT2D eigenvalue weighted by Gasteiger charge is -2.07. The first-order valence-electron chi connectivity index (χ1n) is 5.35. The molecule has 0 atom stereocenters. The molecule has 0 aliphatic heterocycles. The highest BCUT2D eigenvalue weighted by Crippen LogP contribution is 2.30. The molecule has 0 unspecified atom stereocenters. The van der Waals surface area contributed by atoms with Gasteiger partial charge in [-0.05, 0) is 28.5 Å². The Labute approximate surface area is 99.8 Å². The Morgan fingerprint density at radius 3 is 2.75 bits per heavy atom. The van der Waals surface area contributed by atoms with Crippen LogP contribution < -0.4 is 0 Å². The Hall–Kier alpha value is -1.41. The zero-order valence-electron chi connectivity index (χ0n) is 9.44. The Morgan fingerprint density at radius 2 is 2.06 bits per heavy atom. The number of hydrogen-bond acceptors (Lipinski definition) is 2. The molecule has 82 valence electrons. The molecule has 0 fully saturated rings. The van der Waals surface area contributed by atoms with Gasteiger partial charge in [-0.1, -0.05) is 38.1 Å². The van der Waals surface area contributed by atoms with Crippen LogP contribution in [0.2, 0.25) is 0 Å². The predicted molar refractivity (Wildman–Crippen MR) is 69.2 cm³/mol. The second kappa shape index (κ2) is 4.62. The number of carbonyl (C=O) groups excluding carboxylic acids is 1. The van der Waals surface area contributed by atoms with Crippen LogP contribution in [-0.4, -0.2) is 6.29 Å². The minimum atomic E-state index is 0.514. The van der Waals surface area contributed by atoms with Gasteiger partial charge in [0.05, 0.1) is 0 Å². The molecular weight excluding hydrogens is 216 g/mol. The van der Waals surface area contributed by atoms with E-state index in [2.05, 4.69) is 38.1 Å². The van der Waals surface area contributed by atoms with Crippen molar-refractivity contribution in [3.63, 3.8) is 0 Å². The number of rotatable bonds is 3. The summed E-state index contributed by atoms with van der Waals surface area (Å²) in [6.45, 7) is 4.35. The van der Waals surface area contributed by atoms with Gasteiger partial charge in [0.15, 0.2) is 6.29 Å². The quantitative estimate of drug-likeness (QED) is 0.716. The molecule has 2 rings (SSSR count). The Morgan fingerprint density at radius 1 is 1.25 bits per heavy atom. The van der Waals surface area contributed by atoms with Gasteiger partial charge in [-0.2, -0.15) is 0 Å². The maximum atomic E-state index is 10.9. The van der Waals surface area contributed by atoms with Gasteiger partial charge in [-0.25, -0.2) is 0 Å². The third-order valence-corrected chi connectivity index (χ3v) is 3.62. The van der Waals surface area contributed by atoms with Gasteiger partial charge in [0.25, 0.3) is 0 Å². The second-order valence-corrected chi connectivity index (χ2v) is 5.02. The third-order valence-electron chi connectivity index (χ3n) is 2.64. The first-order valence-corrected chi connectivity index (χ1v) is 6.23. The summed E-state index contributed by atoms with van der Waals surface area (Å²) in [5.41, 5.74) is 3.23. The summed E-state index contributed by atoms with van der Waals surface area (Å²) in [5.74, 6) is 0.514. The molecule has 1 aromatic heterocycles. The Kier molecular flexibility index (Phi) is 3.20. The van der Waals surface area contributed by atoms with E-state index in [0.717, 1.165) is 22.3 Å². The molecule has 0 spiro atoms. The van der Waals surface area contributed by atoms with Crippen molar-refractivity contribution in [3.05, 3.63) is 46.8 Å². The lowest BCUT2D eigenvalue weighted by atomic mass is 9.99. The normalized spacial score (nSPS) is 10.7. The van der Waals surface area contributed by atoms with Crippen molar-refractivity contribution in [3.8, 4) is 10.4 Å².